The summed E-state index contributed by atoms with van der Waals surface area (Å²) in [6.45, 7) is 3.48. The van der Waals surface area contributed by atoms with Gasteiger partial charge in [0.1, 0.15) is 12.1 Å². The van der Waals surface area contributed by atoms with Crippen LogP contribution in [0.15, 0.2) is 29.4 Å². The number of hydrogen-bond acceptors (Lipinski definition) is 6. The Hall–Kier alpha value is -2.32. The lowest BCUT2D eigenvalue weighted by Gasteiger charge is -2.33. The molecule has 2 aromatic rings. The number of carbonyl (C=O) groups excluding carboxylic acids is 1. The number of nitrogen functional groups attached to an aromatic ring is 1. The number of sulfonamides is 1. The summed E-state index contributed by atoms with van der Waals surface area (Å²) in [6.07, 6.45) is 4.93. The number of nitrogens with two attached hydrogens (primary N) is 1. The topological polar surface area (TPSA) is 134 Å². The van der Waals surface area contributed by atoms with Crippen LogP contribution in [0.4, 0.5) is 5.69 Å². The van der Waals surface area contributed by atoms with Crippen LogP contribution in [0.3, 0.4) is 0 Å². The first kappa shape index (κ1) is 24.3. The molecule has 172 valence electrons. The molecule has 9 nitrogen and oxygen atoms in total. The quantitative estimate of drug-likeness (QED) is 0.563. The number of anilines is 1. The summed E-state index contributed by atoms with van der Waals surface area (Å²) in [5, 5.41) is 9.17. The van der Waals surface area contributed by atoms with Gasteiger partial charge in [-0.2, -0.15) is 9.98 Å². The molecule has 0 aliphatic carbocycles. The number of nitriles is 1. The molecular weight excluding hydrogens is 475 g/mol. The van der Waals surface area contributed by atoms with Gasteiger partial charge in [-0.15, -0.1) is 0 Å². The van der Waals surface area contributed by atoms with Gasteiger partial charge in [0.2, 0.25) is 21.8 Å². The SMILES string of the molecule is CC1CCN(C(=O)C(CCn2ccnc2C#N)NS(=O)(=O)c2cc(Cl)c(N)c(Cl)c2)CC1. The van der Waals surface area contributed by atoms with Gasteiger partial charge < -0.3 is 15.2 Å². The molecule has 1 saturated heterocycles. The number of nitrogens with one attached hydrogen (secondary N) is 1. The molecular formula is C20H24Cl2N6O3S. The number of benzene rings is 1. The van der Waals surface area contributed by atoms with Gasteiger partial charge in [-0.1, -0.05) is 30.1 Å². The van der Waals surface area contributed by atoms with Gasteiger partial charge in [-0.05, 0) is 37.3 Å². The molecule has 1 aromatic heterocycles. The van der Waals surface area contributed by atoms with Crippen molar-refractivity contribution in [3.05, 3.63) is 40.4 Å². The predicted molar refractivity (Wildman–Crippen MR) is 122 cm³/mol. The lowest BCUT2D eigenvalue weighted by molar-refractivity contribution is -0.134. The first-order valence-corrected chi connectivity index (χ1v) is 12.3. The van der Waals surface area contributed by atoms with Crippen molar-refractivity contribution in [3.8, 4) is 6.07 Å². The normalized spacial score (nSPS) is 16.0. The third kappa shape index (κ3) is 5.53. The Bertz CT molecular complexity index is 1110. The summed E-state index contributed by atoms with van der Waals surface area (Å²) in [4.78, 5) is 18.7. The van der Waals surface area contributed by atoms with Crippen molar-refractivity contribution in [3.63, 3.8) is 0 Å². The number of amides is 1. The summed E-state index contributed by atoms with van der Waals surface area (Å²) in [6, 6.07) is 3.31. The van der Waals surface area contributed by atoms with E-state index in [1.807, 2.05) is 6.07 Å². The number of rotatable bonds is 7. The molecule has 12 heteroatoms. The minimum absolute atomic E-state index is 0.00264. The fourth-order valence-electron chi connectivity index (χ4n) is 3.52. The molecule has 1 amide bonds. The van der Waals surface area contributed by atoms with E-state index < -0.39 is 16.1 Å². The Morgan fingerprint density at radius 2 is 1.97 bits per heavy atom. The van der Waals surface area contributed by atoms with Gasteiger partial charge >= 0.3 is 0 Å². The fraction of sp³-hybridized carbons (Fsp3) is 0.450. The Balaban J connectivity index is 1.85. The van der Waals surface area contributed by atoms with Crippen LogP contribution in [0, 0.1) is 17.2 Å². The first-order valence-electron chi connectivity index (χ1n) is 10.1. The number of carbonyl (C=O) groups is 1. The molecule has 1 aliphatic heterocycles. The summed E-state index contributed by atoms with van der Waals surface area (Å²) in [5.74, 6) is 0.382. The number of nitrogens with zero attached hydrogens (tertiary/aromatic N) is 4. The predicted octanol–water partition coefficient (Wildman–Crippen LogP) is 2.64. The van der Waals surface area contributed by atoms with Crippen molar-refractivity contribution >= 4 is 44.8 Å². The van der Waals surface area contributed by atoms with Gasteiger partial charge in [-0.25, -0.2) is 13.4 Å². The third-order valence-electron chi connectivity index (χ3n) is 5.53. The highest BCUT2D eigenvalue weighted by molar-refractivity contribution is 7.89. The molecule has 0 spiro atoms. The average Bonchev–Trinajstić information content (AvgIpc) is 3.22. The van der Waals surface area contributed by atoms with E-state index >= 15 is 0 Å². The Labute approximate surface area is 197 Å². The maximum Gasteiger partial charge on any atom is 0.241 e. The molecule has 1 atom stereocenters. The number of likely N-dealkylation sites (tertiary alicyclic amines) is 1. The van der Waals surface area contributed by atoms with Crippen LogP contribution >= 0.6 is 23.2 Å². The van der Waals surface area contributed by atoms with Gasteiger partial charge in [0.05, 0.1) is 20.6 Å². The van der Waals surface area contributed by atoms with Gasteiger partial charge in [0.25, 0.3) is 0 Å². The zero-order chi connectivity index (χ0) is 23.5. The maximum absolute atomic E-state index is 13.3. The van der Waals surface area contributed by atoms with E-state index in [1.54, 1.807) is 15.7 Å². The van der Waals surface area contributed by atoms with Gasteiger partial charge in [0, 0.05) is 32.0 Å². The van der Waals surface area contributed by atoms with E-state index in [9.17, 15) is 13.2 Å². The number of halogens is 2. The zero-order valence-corrected chi connectivity index (χ0v) is 19.8. The molecule has 0 bridgehead atoms. The Morgan fingerprint density at radius 1 is 1.34 bits per heavy atom. The van der Waals surface area contributed by atoms with Crippen molar-refractivity contribution in [2.75, 3.05) is 18.8 Å². The van der Waals surface area contributed by atoms with Crippen LogP contribution < -0.4 is 10.5 Å². The summed E-state index contributed by atoms with van der Waals surface area (Å²) in [5.41, 5.74) is 5.78. The van der Waals surface area contributed by atoms with E-state index in [-0.39, 0.29) is 45.3 Å². The summed E-state index contributed by atoms with van der Waals surface area (Å²) >= 11 is 12.0. The molecule has 2 heterocycles. The standard InChI is InChI=1S/C20H24Cl2N6O3S/c1-13-2-6-28(7-3-13)20(29)17(4-8-27-9-5-25-18(27)12-23)26-32(30,31)14-10-15(21)19(24)16(22)11-14/h5,9-11,13,17,26H,2-4,6-8,24H2,1H3. The lowest BCUT2D eigenvalue weighted by atomic mass is 9.98. The molecule has 1 aliphatic rings. The number of imidazole rings is 1. The molecule has 1 fully saturated rings. The molecule has 3 rings (SSSR count). The lowest BCUT2D eigenvalue weighted by Crippen LogP contribution is -2.50. The Kier molecular flexibility index (Phi) is 7.67. The molecule has 1 aromatic carbocycles. The van der Waals surface area contributed by atoms with Crippen LogP contribution in [0.2, 0.25) is 10.0 Å². The largest absolute Gasteiger partial charge is 0.396 e. The van der Waals surface area contributed by atoms with Crippen molar-refractivity contribution in [2.45, 2.75) is 43.7 Å². The van der Waals surface area contributed by atoms with E-state index in [4.69, 9.17) is 34.2 Å². The minimum Gasteiger partial charge on any atom is -0.396 e. The maximum atomic E-state index is 13.3. The number of aryl methyl sites for hydroxylation is 1. The second kappa shape index (κ2) is 10.1. The van der Waals surface area contributed by atoms with Crippen LogP contribution in [0.5, 0.6) is 0 Å². The van der Waals surface area contributed by atoms with E-state index in [1.165, 1.54) is 18.3 Å². The van der Waals surface area contributed by atoms with Crippen molar-refractivity contribution in [1.82, 2.24) is 19.2 Å². The van der Waals surface area contributed by atoms with Crippen molar-refractivity contribution < 1.29 is 13.2 Å². The average molecular weight is 499 g/mol. The summed E-state index contributed by atoms with van der Waals surface area (Å²) in [7, 11) is -4.13. The Morgan fingerprint density at radius 3 is 2.56 bits per heavy atom. The third-order valence-corrected chi connectivity index (χ3v) is 7.60. The smallest absolute Gasteiger partial charge is 0.241 e. The number of hydrogen-bond donors (Lipinski definition) is 2. The van der Waals surface area contributed by atoms with Gasteiger partial charge in [-0.3, -0.25) is 4.79 Å². The molecule has 32 heavy (non-hydrogen) atoms. The zero-order valence-electron chi connectivity index (χ0n) is 17.5. The molecule has 3 N–H and O–H groups in total. The number of aromatic nitrogens is 2. The molecule has 1 unspecified atom stereocenters. The van der Waals surface area contributed by atoms with Crippen LogP contribution in [-0.4, -0.2) is 47.9 Å². The summed E-state index contributed by atoms with van der Waals surface area (Å²) < 4.78 is 30.2. The monoisotopic (exact) mass is 498 g/mol. The fourth-order valence-corrected chi connectivity index (χ4v) is 5.42. The van der Waals surface area contributed by atoms with E-state index in [0.29, 0.717) is 19.0 Å². The second-order valence-corrected chi connectivity index (χ2v) is 10.4. The highest BCUT2D eigenvalue weighted by atomic mass is 35.5. The first-order chi connectivity index (χ1) is 15.1. The highest BCUT2D eigenvalue weighted by Crippen LogP contribution is 2.31. The van der Waals surface area contributed by atoms with E-state index in [2.05, 4.69) is 16.6 Å². The number of piperidine rings is 1. The van der Waals surface area contributed by atoms with Crippen LogP contribution in [-0.2, 0) is 21.4 Å². The van der Waals surface area contributed by atoms with Crippen LogP contribution in [0.25, 0.3) is 0 Å². The van der Waals surface area contributed by atoms with Crippen LogP contribution in [0.1, 0.15) is 32.0 Å². The van der Waals surface area contributed by atoms with Crippen molar-refractivity contribution in [2.24, 2.45) is 5.92 Å². The highest BCUT2D eigenvalue weighted by Gasteiger charge is 2.31. The second-order valence-electron chi connectivity index (χ2n) is 7.83. The van der Waals surface area contributed by atoms with E-state index in [0.717, 1.165) is 12.8 Å². The van der Waals surface area contributed by atoms with Gasteiger partial charge in [0.15, 0.2) is 0 Å². The minimum atomic E-state index is -4.13. The molecule has 0 radical (unpaired) electrons. The van der Waals surface area contributed by atoms with Crippen molar-refractivity contribution in [1.29, 1.82) is 5.26 Å². The molecule has 0 saturated carbocycles.